The Bertz CT molecular complexity index is 979. The van der Waals surface area contributed by atoms with Gasteiger partial charge in [0.05, 0.1) is 36.0 Å². The largest absolute Gasteiger partial charge is 0.378 e. The zero-order chi connectivity index (χ0) is 19.9. The van der Waals surface area contributed by atoms with E-state index in [1.165, 1.54) is 17.8 Å². The standard InChI is InChI=1S/C22H20FN5O/c23-17-1-3-18(4-2-17)24-25-19-5-7-20(8-6-19)26-27-21-9-11-22(12-10-21)28-13-15-29-16-14-28/h1-12H,13-16H2. The van der Waals surface area contributed by atoms with Gasteiger partial charge < -0.3 is 9.64 Å². The molecule has 29 heavy (non-hydrogen) atoms. The SMILES string of the molecule is Fc1ccc(N=Nc2ccc(N=Nc3ccc(N4CCOCC4)cc3)cc2)cc1. The molecule has 1 saturated heterocycles. The molecule has 146 valence electrons. The monoisotopic (exact) mass is 389 g/mol. The molecule has 0 amide bonds. The van der Waals surface area contributed by atoms with Gasteiger partial charge in [-0.05, 0) is 72.8 Å². The number of benzene rings is 3. The zero-order valence-corrected chi connectivity index (χ0v) is 15.8. The number of anilines is 1. The van der Waals surface area contributed by atoms with Gasteiger partial charge in [-0.15, -0.1) is 0 Å². The lowest BCUT2D eigenvalue weighted by Crippen LogP contribution is -2.36. The van der Waals surface area contributed by atoms with E-state index in [-0.39, 0.29) is 5.82 Å². The number of nitrogens with zero attached hydrogens (tertiary/aromatic N) is 5. The van der Waals surface area contributed by atoms with E-state index in [2.05, 4.69) is 37.5 Å². The van der Waals surface area contributed by atoms with Crippen LogP contribution in [0.25, 0.3) is 0 Å². The van der Waals surface area contributed by atoms with Crippen LogP contribution < -0.4 is 4.90 Å². The van der Waals surface area contributed by atoms with E-state index in [1.807, 2.05) is 36.4 Å². The molecule has 0 spiro atoms. The molecule has 0 bridgehead atoms. The maximum atomic E-state index is 12.9. The highest BCUT2D eigenvalue weighted by molar-refractivity contribution is 5.53. The molecule has 4 rings (SSSR count). The third kappa shape index (κ3) is 5.30. The number of halogens is 1. The predicted molar refractivity (Wildman–Crippen MR) is 111 cm³/mol. The molecule has 1 aliphatic rings. The van der Waals surface area contributed by atoms with Gasteiger partial charge in [0, 0.05) is 18.8 Å². The summed E-state index contributed by atoms with van der Waals surface area (Å²) < 4.78 is 18.3. The Hall–Kier alpha value is -3.45. The first kappa shape index (κ1) is 18.9. The van der Waals surface area contributed by atoms with Gasteiger partial charge >= 0.3 is 0 Å². The van der Waals surface area contributed by atoms with E-state index in [9.17, 15) is 4.39 Å². The molecule has 3 aromatic carbocycles. The summed E-state index contributed by atoms with van der Waals surface area (Å²) >= 11 is 0. The Kier molecular flexibility index (Phi) is 5.97. The first-order chi connectivity index (χ1) is 14.3. The number of morpholine rings is 1. The number of ether oxygens (including phenoxy) is 1. The summed E-state index contributed by atoms with van der Waals surface area (Å²) in [5, 5.41) is 16.8. The summed E-state index contributed by atoms with van der Waals surface area (Å²) in [6.07, 6.45) is 0. The second-order valence-electron chi connectivity index (χ2n) is 6.51. The lowest BCUT2D eigenvalue weighted by atomic mass is 10.2. The molecule has 1 heterocycles. The summed E-state index contributed by atoms with van der Waals surface area (Å²) in [6, 6.07) is 21.1. The molecular weight excluding hydrogens is 369 g/mol. The van der Waals surface area contributed by atoms with Crippen LogP contribution in [0.3, 0.4) is 0 Å². The third-order valence-corrected chi connectivity index (χ3v) is 4.46. The van der Waals surface area contributed by atoms with Gasteiger partial charge in [-0.2, -0.15) is 20.5 Å². The normalized spacial score (nSPS) is 14.7. The molecule has 0 aliphatic carbocycles. The molecule has 0 radical (unpaired) electrons. The van der Waals surface area contributed by atoms with Crippen molar-refractivity contribution < 1.29 is 9.13 Å². The van der Waals surface area contributed by atoms with E-state index in [1.54, 1.807) is 12.1 Å². The van der Waals surface area contributed by atoms with Crippen molar-refractivity contribution in [2.45, 2.75) is 0 Å². The third-order valence-electron chi connectivity index (χ3n) is 4.46. The average molecular weight is 389 g/mol. The van der Waals surface area contributed by atoms with Crippen molar-refractivity contribution in [1.82, 2.24) is 0 Å². The summed E-state index contributed by atoms with van der Waals surface area (Å²) in [5.74, 6) is -0.297. The van der Waals surface area contributed by atoms with Crippen LogP contribution in [-0.2, 0) is 4.74 Å². The van der Waals surface area contributed by atoms with E-state index in [4.69, 9.17) is 4.74 Å². The van der Waals surface area contributed by atoms with Gasteiger partial charge in [0.2, 0.25) is 0 Å². The first-order valence-electron chi connectivity index (χ1n) is 9.38. The first-order valence-corrected chi connectivity index (χ1v) is 9.38. The number of hydrogen-bond acceptors (Lipinski definition) is 6. The molecule has 1 aliphatic heterocycles. The van der Waals surface area contributed by atoms with Crippen LogP contribution in [0.2, 0.25) is 0 Å². The minimum Gasteiger partial charge on any atom is -0.378 e. The van der Waals surface area contributed by atoms with Gasteiger partial charge in [-0.1, -0.05) is 0 Å². The summed E-state index contributed by atoms with van der Waals surface area (Å²) in [4.78, 5) is 2.30. The molecule has 3 aromatic rings. The molecule has 6 nitrogen and oxygen atoms in total. The van der Waals surface area contributed by atoms with Crippen LogP contribution in [-0.4, -0.2) is 26.3 Å². The van der Waals surface area contributed by atoms with Crippen LogP contribution in [0.5, 0.6) is 0 Å². The smallest absolute Gasteiger partial charge is 0.123 e. The van der Waals surface area contributed by atoms with E-state index in [0.717, 1.165) is 37.7 Å². The van der Waals surface area contributed by atoms with Crippen molar-refractivity contribution in [1.29, 1.82) is 0 Å². The van der Waals surface area contributed by atoms with Crippen LogP contribution in [0, 0.1) is 5.82 Å². The van der Waals surface area contributed by atoms with Crippen LogP contribution in [0.15, 0.2) is 93.3 Å². The van der Waals surface area contributed by atoms with Gasteiger partial charge in [0.1, 0.15) is 5.82 Å². The summed E-state index contributed by atoms with van der Waals surface area (Å²) in [5.41, 5.74) is 3.96. The van der Waals surface area contributed by atoms with Gasteiger partial charge in [-0.25, -0.2) is 4.39 Å². The van der Waals surface area contributed by atoms with E-state index < -0.39 is 0 Å². The second kappa shape index (κ2) is 9.16. The van der Waals surface area contributed by atoms with E-state index in [0.29, 0.717) is 11.4 Å². The number of rotatable bonds is 5. The minimum atomic E-state index is -0.297. The van der Waals surface area contributed by atoms with E-state index >= 15 is 0 Å². The predicted octanol–water partition coefficient (Wildman–Crippen LogP) is 6.49. The van der Waals surface area contributed by atoms with Crippen molar-refractivity contribution in [3.8, 4) is 0 Å². The average Bonchev–Trinajstić information content (AvgIpc) is 2.79. The van der Waals surface area contributed by atoms with Crippen LogP contribution in [0.1, 0.15) is 0 Å². The molecule has 0 saturated carbocycles. The molecule has 0 aromatic heterocycles. The fraction of sp³-hybridized carbons (Fsp3) is 0.182. The van der Waals surface area contributed by atoms with Crippen molar-refractivity contribution in [3.63, 3.8) is 0 Å². The highest BCUT2D eigenvalue weighted by Crippen LogP contribution is 2.25. The fourth-order valence-electron chi connectivity index (χ4n) is 2.88. The van der Waals surface area contributed by atoms with Crippen LogP contribution in [0.4, 0.5) is 32.8 Å². The molecule has 7 heteroatoms. The highest BCUT2D eigenvalue weighted by atomic mass is 19.1. The Morgan fingerprint density at radius 2 is 0.966 bits per heavy atom. The number of hydrogen-bond donors (Lipinski definition) is 0. The molecule has 0 atom stereocenters. The Balaban J connectivity index is 1.36. The molecule has 0 N–H and O–H groups in total. The minimum absolute atomic E-state index is 0.297. The summed E-state index contributed by atoms with van der Waals surface area (Å²) in [7, 11) is 0. The van der Waals surface area contributed by atoms with Crippen molar-refractivity contribution in [2.24, 2.45) is 20.5 Å². The van der Waals surface area contributed by atoms with Crippen molar-refractivity contribution in [3.05, 3.63) is 78.6 Å². The van der Waals surface area contributed by atoms with Crippen LogP contribution >= 0.6 is 0 Å². The summed E-state index contributed by atoms with van der Waals surface area (Å²) in [6.45, 7) is 3.35. The maximum Gasteiger partial charge on any atom is 0.123 e. The molecule has 0 unspecified atom stereocenters. The lowest BCUT2D eigenvalue weighted by molar-refractivity contribution is 0.122. The zero-order valence-electron chi connectivity index (χ0n) is 15.8. The fourth-order valence-corrected chi connectivity index (χ4v) is 2.88. The Morgan fingerprint density at radius 3 is 1.41 bits per heavy atom. The molecule has 1 fully saturated rings. The Labute approximate surface area is 168 Å². The van der Waals surface area contributed by atoms with Crippen molar-refractivity contribution >= 4 is 28.4 Å². The highest BCUT2D eigenvalue weighted by Gasteiger charge is 2.10. The number of azo groups is 2. The lowest BCUT2D eigenvalue weighted by Gasteiger charge is -2.28. The Morgan fingerprint density at radius 1 is 0.586 bits per heavy atom. The topological polar surface area (TPSA) is 61.9 Å². The van der Waals surface area contributed by atoms with Gasteiger partial charge in [0.15, 0.2) is 0 Å². The van der Waals surface area contributed by atoms with Gasteiger partial charge in [-0.3, -0.25) is 0 Å². The molecular formula is C22H20FN5O. The van der Waals surface area contributed by atoms with Gasteiger partial charge in [0.25, 0.3) is 0 Å². The second-order valence-corrected chi connectivity index (χ2v) is 6.51. The quantitative estimate of drug-likeness (QED) is 0.468. The maximum absolute atomic E-state index is 12.9. The van der Waals surface area contributed by atoms with Crippen molar-refractivity contribution in [2.75, 3.05) is 31.2 Å².